The second-order valence-electron chi connectivity index (χ2n) is 8.91. The number of halogens is 1. The molecule has 2 aliphatic heterocycles. The second-order valence-corrected chi connectivity index (χ2v) is 10.5. The van der Waals surface area contributed by atoms with Crippen molar-refractivity contribution >= 4 is 51.7 Å². The van der Waals surface area contributed by atoms with Crippen LogP contribution >= 0.6 is 23.4 Å². The quantitative estimate of drug-likeness (QED) is 0.255. The maximum atomic E-state index is 13.2. The van der Waals surface area contributed by atoms with Crippen LogP contribution in [0.15, 0.2) is 77.9 Å². The molecule has 3 aromatic carbocycles. The van der Waals surface area contributed by atoms with Gasteiger partial charge in [0.25, 0.3) is 0 Å². The van der Waals surface area contributed by atoms with E-state index in [1.54, 1.807) is 36.4 Å². The van der Waals surface area contributed by atoms with Crippen LogP contribution in [-0.4, -0.2) is 40.1 Å². The van der Waals surface area contributed by atoms with Crippen molar-refractivity contribution in [3.63, 3.8) is 0 Å². The van der Waals surface area contributed by atoms with Crippen molar-refractivity contribution in [3.05, 3.63) is 94.5 Å². The van der Waals surface area contributed by atoms with Crippen LogP contribution in [0.1, 0.15) is 35.6 Å². The Bertz CT molecular complexity index is 1370. The number of methoxy groups -OCH3 is 1. The van der Waals surface area contributed by atoms with Crippen molar-refractivity contribution in [2.45, 2.75) is 31.1 Å². The third kappa shape index (κ3) is 5.12. The van der Waals surface area contributed by atoms with E-state index >= 15 is 0 Å². The van der Waals surface area contributed by atoms with Gasteiger partial charge < -0.3 is 4.74 Å². The number of hydrogen-bond donors (Lipinski definition) is 1. The average molecular weight is 533 g/mol. The lowest BCUT2D eigenvalue weighted by atomic mass is 9.98. The minimum atomic E-state index is -0.702. The highest BCUT2D eigenvalue weighted by atomic mass is 35.5. The Kier molecular flexibility index (Phi) is 7.04. The third-order valence-corrected chi connectivity index (χ3v) is 7.76. The minimum Gasteiger partial charge on any atom is -0.497 e. The summed E-state index contributed by atoms with van der Waals surface area (Å²) in [5, 5.41) is 15.4. The van der Waals surface area contributed by atoms with E-state index in [4.69, 9.17) is 26.8 Å². The zero-order chi connectivity index (χ0) is 26.1. The van der Waals surface area contributed by atoms with E-state index in [0.717, 1.165) is 34.2 Å². The lowest BCUT2D eigenvalue weighted by Gasteiger charge is -2.24. The third-order valence-electron chi connectivity index (χ3n) is 6.45. The summed E-state index contributed by atoms with van der Waals surface area (Å²) in [7, 11) is 1.56. The summed E-state index contributed by atoms with van der Waals surface area (Å²) < 4.78 is 5.17. The number of imide groups is 1. The van der Waals surface area contributed by atoms with Crippen LogP contribution in [0.2, 0.25) is 5.02 Å². The van der Waals surface area contributed by atoms with Crippen molar-refractivity contribution in [2.24, 2.45) is 5.10 Å². The highest BCUT2D eigenvalue weighted by molar-refractivity contribution is 8.14. The summed E-state index contributed by atoms with van der Waals surface area (Å²) >= 11 is 7.17. The molecule has 0 saturated carbocycles. The number of thioether (sulfide) groups is 1. The minimum absolute atomic E-state index is 0.0197. The number of nitrogens with zero attached hydrogens (tertiary/aromatic N) is 3. The highest BCUT2D eigenvalue weighted by Gasteiger charge is 2.42. The van der Waals surface area contributed by atoms with Crippen molar-refractivity contribution in [3.8, 4) is 5.75 Å². The Morgan fingerprint density at radius 1 is 1.00 bits per heavy atom. The predicted molar refractivity (Wildman–Crippen MR) is 148 cm³/mol. The number of hydrogen-bond acceptors (Lipinski definition) is 6. The first-order valence-corrected chi connectivity index (χ1v) is 13.0. The van der Waals surface area contributed by atoms with Gasteiger partial charge >= 0.3 is 0 Å². The molecular weight excluding hydrogens is 508 g/mol. The van der Waals surface area contributed by atoms with Gasteiger partial charge in [-0.05, 0) is 54.4 Å². The first-order valence-electron chi connectivity index (χ1n) is 11.8. The molecule has 188 valence electrons. The number of ether oxygens (including phenoxy) is 1. The Balaban J connectivity index is 1.38. The number of hydrazone groups is 1. The molecule has 5 rings (SSSR count). The molecule has 7 nitrogen and oxygen atoms in total. The van der Waals surface area contributed by atoms with Gasteiger partial charge in [0.1, 0.15) is 11.0 Å². The summed E-state index contributed by atoms with van der Waals surface area (Å²) in [4.78, 5) is 27.2. The largest absolute Gasteiger partial charge is 0.497 e. The van der Waals surface area contributed by atoms with Gasteiger partial charge in [-0.3, -0.25) is 15.0 Å². The molecular formula is C28H25ClN4O3S. The molecule has 2 heterocycles. The van der Waals surface area contributed by atoms with Crippen LogP contribution in [0.5, 0.6) is 5.75 Å². The number of carbonyl (C=O) groups is 2. The van der Waals surface area contributed by atoms with Gasteiger partial charge in [0.2, 0.25) is 11.8 Å². The molecule has 0 aromatic heterocycles. The smallest absolute Gasteiger partial charge is 0.247 e. The number of benzene rings is 3. The fourth-order valence-corrected chi connectivity index (χ4v) is 5.55. The van der Waals surface area contributed by atoms with Crippen molar-refractivity contribution in [1.82, 2.24) is 5.01 Å². The van der Waals surface area contributed by atoms with E-state index in [1.807, 2.05) is 55.5 Å². The number of amidine groups is 1. The maximum Gasteiger partial charge on any atom is 0.247 e. The summed E-state index contributed by atoms with van der Waals surface area (Å²) in [6.45, 7) is 2.03. The summed E-state index contributed by atoms with van der Waals surface area (Å²) in [5.74, 6) is 0.00921. The molecule has 2 aliphatic rings. The first kappa shape index (κ1) is 25.0. The Hall–Kier alpha value is -3.62. The van der Waals surface area contributed by atoms with E-state index < -0.39 is 5.25 Å². The fraction of sp³-hybridized carbons (Fsp3) is 0.214. The van der Waals surface area contributed by atoms with Gasteiger partial charge in [-0.2, -0.15) is 5.10 Å². The highest BCUT2D eigenvalue weighted by Crippen LogP contribution is 2.38. The molecule has 0 bridgehead atoms. The molecule has 0 aliphatic carbocycles. The molecule has 1 fully saturated rings. The number of carbonyl (C=O) groups excluding carboxylic acids is 2. The van der Waals surface area contributed by atoms with Crippen LogP contribution in [0.25, 0.3) is 0 Å². The van der Waals surface area contributed by atoms with E-state index in [1.165, 1.54) is 4.90 Å². The lowest BCUT2D eigenvalue weighted by Crippen LogP contribution is -2.32. The lowest BCUT2D eigenvalue weighted by molar-refractivity contribution is -0.121. The topological polar surface area (TPSA) is 86.1 Å². The van der Waals surface area contributed by atoms with Gasteiger partial charge in [0, 0.05) is 17.9 Å². The van der Waals surface area contributed by atoms with E-state index in [-0.39, 0.29) is 29.4 Å². The van der Waals surface area contributed by atoms with Crippen LogP contribution in [0, 0.1) is 12.3 Å². The molecule has 1 N–H and O–H groups in total. The van der Waals surface area contributed by atoms with Gasteiger partial charge in [-0.1, -0.05) is 65.3 Å². The maximum absolute atomic E-state index is 13.2. The van der Waals surface area contributed by atoms with Crippen molar-refractivity contribution in [2.75, 3.05) is 12.0 Å². The second kappa shape index (κ2) is 10.4. The molecule has 3 aromatic rings. The molecule has 9 heteroatoms. The fourth-order valence-electron chi connectivity index (χ4n) is 4.45. The van der Waals surface area contributed by atoms with E-state index in [2.05, 4.69) is 0 Å². The van der Waals surface area contributed by atoms with Crippen LogP contribution in [0.3, 0.4) is 0 Å². The zero-order valence-corrected chi connectivity index (χ0v) is 21.9. The number of anilines is 1. The number of rotatable bonds is 5. The number of amides is 2. The molecule has 1 saturated heterocycles. The molecule has 2 atom stereocenters. The molecule has 0 unspecified atom stereocenters. The molecule has 37 heavy (non-hydrogen) atoms. The summed E-state index contributed by atoms with van der Waals surface area (Å²) in [6, 6.07) is 22.2. The van der Waals surface area contributed by atoms with Crippen LogP contribution < -0.4 is 9.64 Å². The van der Waals surface area contributed by atoms with Gasteiger partial charge in [0.15, 0.2) is 5.17 Å². The van der Waals surface area contributed by atoms with Gasteiger partial charge in [-0.15, -0.1) is 0 Å². The predicted octanol–water partition coefficient (Wildman–Crippen LogP) is 5.81. The van der Waals surface area contributed by atoms with Crippen molar-refractivity contribution < 1.29 is 14.3 Å². The van der Waals surface area contributed by atoms with E-state index in [9.17, 15) is 9.59 Å². The van der Waals surface area contributed by atoms with Crippen molar-refractivity contribution in [1.29, 1.82) is 5.41 Å². The standard InChI is InChI=1S/C28H25ClN4O3S/c1-17-3-5-18(6-4-17)23-15-24(19-7-9-20(29)10-8-19)33(31-23)28(30)37-25-16-26(34)32(27(25)35)21-11-13-22(36-2)14-12-21/h3-14,24-25,30H,15-16H2,1-2H3/t24-,25-/m1/s1. The van der Waals surface area contributed by atoms with Gasteiger partial charge in [0.05, 0.1) is 24.6 Å². The van der Waals surface area contributed by atoms with E-state index in [0.29, 0.717) is 22.9 Å². The number of aryl methyl sites for hydroxylation is 1. The Morgan fingerprint density at radius 2 is 1.68 bits per heavy atom. The summed E-state index contributed by atoms with van der Waals surface area (Å²) in [6.07, 6.45) is 0.620. The monoisotopic (exact) mass is 532 g/mol. The number of nitrogens with one attached hydrogen (secondary N) is 1. The normalized spacial score (nSPS) is 19.4. The molecule has 0 radical (unpaired) electrons. The first-order chi connectivity index (χ1) is 17.8. The SMILES string of the molecule is COc1ccc(N2C(=O)C[C@@H](SC(=N)N3N=C(c4ccc(C)cc4)C[C@@H]3c3ccc(Cl)cc3)C2=O)cc1. The summed E-state index contributed by atoms with van der Waals surface area (Å²) in [5.41, 5.74) is 4.46. The molecule has 2 amide bonds. The molecule has 0 spiro atoms. The van der Waals surface area contributed by atoms with Crippen LogP contribution in [0.4, 0.5) is 5.69 Å². The Morgan fingerprint density at radius 3 is 2.32 bits per heavy atom. The zero-order valence-electron chi connectivity index (χ0n) is 20.3. The average Bonchev–Trinajstić information content (AvgIpc) is 3.46. The Labute approximate surface area is 224 Å². The van der Waals surface area contributed by atoms with Gasteiger partial charge in [-0.25, -0.2) is 9.91 Å². The van der Waals surface area contributed by atoms with Crippen LogP contribution in [-0.2, 0) is 9.59 Å².